The first-order valence-electron chi connectivity index (χ1n) is 4.03. The molecular weight excluding hydrogens is 190 g/mol. The van der Waals surface area contributed by atoms with Crippen LogP contribution in [0.25, 0.3) is 0 Å². The average Bonchev–Trinajstić information content (AvgIpc) is 2.53. The zero-order valence-corrected chi connectivity index (χ0v) is 7.47. The number of carboxylic acid groups (broad SMARTS) is 1. The van der Waals surface area contributed by atoms with E-state index in [0.717, 1.165) is 6.07 Å². The molecular formula is C8H9NO5. The van der Waals surface area contributed by atoms with Crippen molar-refractivity contribution in [2.24, 2.45) is 0 Å². The van der Waals surface area contributed by atoms with Gasteiger partial charge in [-0.2, -0.15) is 0 Å². The highest BCUT2D eigenvalue weighted by Crippen LogP contribution is 2.25. The number of rotatable bonds is 4. The average molecular weight is 199 g/mol. The summed E-state index contributed by atoms with van der Waals surface area (Å²) in [5.74, 6) is -2.17. The monoisotopic (exact) mass is 199 g/mol. The van der Waals surface area contributed by atoms with Gasteiger partial charge in [0.15, 0.2) is 0 Å². The van der Waals surface area contributed by atoms with E-state index in [4.69, 9.17) is 9.52 Å². The maximum atomic E-state index is 10.7. The molecule has 1 atom stereocenters. The molecule has 0 radical (unpaired) electrons. The van der Waals surface area contributed by atoms with Gasteiger partial charge in [0.05, 0.1) is 6.07 Å². The van der Waals surface area contributed by atoms with Gasteiger partial charge in [0.1, 0.15) is 16.6 Å². The fraction of sp³-hybridized carbons (Fsp3) is 0.375. The Morgan fingerprint density at radius 3 is 2.71 bits per heavy atom. The summed E-state index contributed by atoms with van der Waals surface area (Å²) in [6.45, 7) is 1.67. The number of furan rings is 1. The van der Waals surface area contributed by atoms with Gasteiger partial charge in [-0.05, 0) is 12.5 Å². The Hall–Kier alpha value is -1.85. The first-order chi connectivity index (χ1) is 6.56. The molecule has 76 valence electrons. The Kier molecular flexibility index (Phi) is 2.85. The molecule has 0 saturated heterocycles. The molecule has 0 aliphatic heterocycles. The molecule has 0 amide bonds. The summed E-state index contributed by atoms with van der Waals surface area (Å²) in [6.07, 6.45) is 0.333. The summed E-state index contributed by atoms with van der Waals surface area (Å²) in [7, 11) is 0. The minimum atomic E-state index is -1.04. The van der Waals surface area contributed by atoms with Crippen LogP contribution in [0.5, 0.6) is 0 Å². The Bertz CT molecular complexity index is 356. The van der Waals surface area contributed by atoms with Crippen molar-refractivity contribution in [3.8, 4) is 0 Å². The Morgan fingerprint density at radius 2 is 2.36 bits per heavy atom. The number of nitro groups is 1. The zero-order valence-electron chi connectivity index (χ0n) is 7.47. The van der Waals surface area contributed by atoms with E-state index in [1.165, 1.54) is 6.07 Å². The predicted octanol–water partition coefficient (Wildman–Crippen LogP) is 1.77. The van der Waals surface area contributed by atoms with Crippen LogP contribution in [0.3, 0.4) is 0 Å². The van der Waals surface area contributed by atoms with Crippen molar-refractivity contribution in [1.82, 2.24) is 0 Å². The van der Waals surface area contributed by atoms with Crippen LogP contribution in [0.2, 0.25) is 0 Å². The van der Waals surface area contributed by atoms with E-state index >= 15 is 0 Å². The lowest BCUT2D eigenvalue weighted by atomic mass is 10.0. The normalized spacial score (nSPS) is 12.4. The number of nitrogens with zero attached hydrogens (tertiary/aromatic N) is 1. The maximum absolute atomic E-state index is 10.7. The molecule has 0 bridgehead atoms. The quantitative estimate of drug-likeness (QED) is 0.589. The van der Waals surface area contributed by atoms with E-state index < -0.39 is 22.7 Å². The van der Waals surface area contributed by atoms with E-state index in [1.54, 1.807) is 6.92 Å². The number of hydrogen-bond acceptors (Lipinski definition) is 4. The molecule has 6 nitrogen and oxygen atoms in total. The van der Waals surface area contributed by atoms with E-state index in [0.29, 0.717) is 6.42 Å². The molecule has 0 aliphatic rings. The van der Waals surface area contributed by atoms with Crippen LogP contribution >= 0.6 is 0 Å². The molecule has 1 N–H and O–H groups in total. The third-order valence-corrected chi connectivity index (χ3v) is 1.84. The van der Waals surface area contributed by atoms with Crippen LogP contribution in [0.1, 0.15) is 25.0 Å². The summed E-state index contributed by atoms with van der Waals surface area (Å²) < 4.78 is 4.78. The third kappa shape index (κ3) is 1.90. The topological polar surface area (TPSA) is 93.6 Å². The van der Waals surface area contributed by atoms with Crippen molar-refractivity contribution >= 4 is 11.9 Å². The van der Waals surface area contributed by atoms with Crippen molar-refractivity contribution in [3.63, 3.8) is 0 Å². The summed E-state index contributed by atoms with van der Waals surface area (Å²) in [6, 6.07) is 2.47. The summed E-state index contributed by atoms with van der Waals surface area (Å²) in [5, 5.41) is 19.0. The van der Waals surface area contributed by atoms with Crippen LogP contribution in [-0.4, -0.2) is 16.0 Å². The van der Waals surface area contributed by atoms with Gasteiger partial charge < -0.3 is 9.52 Å². The van der Waals surface area contributed by atoms with Gasteiger partial charge in [0.25, 0.3) is 0 Å². The number of hydrogen-bond donors (Lipinski definition) is 1. The molecule has 1 unspecified atom stereocenters. The molecule has 14 heavy (non-hydrogen) atoms. The standard InChI is InChI=1S/C8H9NO5/c1-2-5(8(10)11)6-3-4-7(14-6)9(12)13/h3-5H,2H2,1H3,(H,10,11). The highest BCUT2D eigenvalue weighted by molar-refractivity contribution is 5.75. The number of carboxylic acids is 1. The third-order valence-electron chi connectivity index (χ3n) is 1.84. The fourth-order valence-electron chi connectivity index (χ4n) is 1.13. The minimum Gasteiger partial charge on any atom is -0.481 e. The zero-order chi connectivity index (χ0) is 10.7. The minimum absolute atomic E-state index is 0.117. The number of carbonyl (C=O) groups is 1. The second-order valence-corrected chi connectivity index (χ2v) is 2.73. The second kappa shape index (κ2) is 3.91. The van der Waals surface area contributed by atoms with Crippen LogP contribution in [-0.2, 0) is 4.79 Å². The lowest BCUT2D eigenvalue weighted by Crippen LogP contribution is -2.09. The largest absolute Gasteiger partial charge is 0.481 e. The van der Waals surface area contributed by atoms with Gasteiger partial charge >= 0.3 is 11.9 Å². The first-order valence-corrected chi connectivity index (χ1v) is 4.03. The lowest BCUT2D eigenvalue weighted by molar-refractivity contribution is -0.402. The molecule has 1 rings (SSSR count). The molecule has 0 aliphatic carbocycles. The molecule has 0 spiro atoms. The van der Waals surface area contributed by atoms with Crippen molar-refractivity contribution in [2.75, 3.05) is 0 Å². The van der Waals surface area contributed by atoms with Gasteiger partial charge in [-0.15, -0.1) is 0 Å². The SMILES string of the molecule is CCC(C(=O)O)c1ccc([N+](=O)[O-])o1. The molecule has 0 aromatic carbocycles. The highest BCUT2D eigenvalue weighted by atomic mass is 16.6. The summed E-state index contributed by atoms with van der Waals surface area (Å²) >= 11 is 0. The van der Waals surface area contributed by atoms with Gasteiger partial charge in [-0.25, -0.2) is 0 Å². The Morgan fingerprint density at radius 1 is 1.71 bits per heavy atom. The van der Waals surface area contributed by atoms with E-state index in [-0.39, 0.29) is 5.76 Å². The molecule has 0 saturated carbocycles. The van der Waals surface area contributed by atoms with E-state index in [2.05, 4.69) is 0 Å². The lowest BCUT2D eigenvalue weighted by Gasteiger charge is -2.03. The van der Waals surface area contributed by atoms with Gasteiger partial charge in [-0.1, -0.05) is 6.92 Å². The molecule has 6 heteroatoms. The van der Waals surface area contributed by atoms with Crippen molar-refractivity contribution in [3.05, 3.63) is 28.0 Å². The van der Waals surface area contributed by atoms with Crippen molar-refractivity contribution < 1.29 is 19.2 Å². The highest BCUT2D eigenvalue weighted by Gasteiger charge is 2.23. The Balaban J connectivity index is 2.95. The van der Waals surface area contributed by atoms with E-state index in [9.17, 15) is 14.9 Å². The van der Waals surface area contributed by atoms with Crippen LogP contribution in [0.15, 0.2) is 16.5 Å². The van der Waals surface area contributed by atoms with Gasteiger partial charge in [0, 0.05) is 0 Å². The van der Waals surface area contributed by atoms with Gasteiger partial charge in [-0.3, -0.25) is 14.9 Å². The second-order valence-electron chi connectivity index (χ2n) is 2.73. The van der Waals surface area contributed by atoms with Crippen molar-refractivity contribution in [1.29, 1.82) is 0 Å². The number of aliphatic carboxylic acids is 1. The van der Waals surface area contributed by atoms with Crippen LogP contribution in [0.4, 0.5) is 5.88 Å². The molecule has 1 aromatic heterocycles. The van der Waals surface area contributed by atoms with Crippen molar-refractivity contribution in [2.45, 2.75) is 19.3 Å². The molecule has 0 fully saturated rings. The van der Waals surface area contributed by atoms with Crippen LogP contribution in [0, 0.1) is 10.1 Å². The summed E-state index contributed by atoms with van der Waals surface area (Å²) in [4.78, 5) is 20.2. The molecule has 1 aromatic rings. The molecule has 1 heterocycles. The van der Waals surface area contributed by atoms with Crippen LogP contribution < -0.4 is 0 Å². The fourth-order valence-corrected chi connectivity index (χ4v) is 1.13. The first kappa shape index (κ1) is 10.2. The van der Waals surface area contributed by atoms with E-state index in [1.807, 2.05) is 0 Å². The summed E-state index contributed by atoms with van der Waals surface area (Å²) in [5.41, 5.74) is 0. The van der Waals surface area contributed by atoms with Gasteiger partial charge in [0.2, 0.25) is 0 Å². The predicted molar refractivity (Wildman–Crippen MR) is 46.0 cm³/mol. The Labute approximate surface area is 79.3 Å². The smallest absolute Gasteiger partial charge is 0.433 e. The maximum Gasteiger partial charge on any atom is 0.433 e.